The molecule has 1 rings (SSSR count). The first kappa shape index (κ1) is 15.5. The second-order valence-electron chi connectivity index (χ2n) is 3.39. The van der Waals surface area contributed by atoms with Crippen molar-refractivity contribution in [1.29, 1.82) is 0 Å². The zero-order valence-corrected chi connectivity index (χ0v) is 11.4. The van der Waals surface area contributed by atoms with Crippen LogP contribution in [-0.2, 0) is 22.8 Å². The van der Waals surface area contributed by atoms with Crippen LogP contribution in [0.25, 0.3) is 0 Å². The number of aryl methyl sites for hydroxylation is 1. The van der Waals surface area contributed by atoms with Crippen LogP contribution in [0.1, 0.15) is 16.2 Å². The fourth-order valence-corrected chi connectivity index (χ4v) is 2.00. The van der Waals surface area contributed by atoms with Gasteiger partial charge >= 0.3 is 12.1 Å². The summed E-state index contributed by atoms with van der Waals surface area (Å²) in [5.74, 6) is -1.64. The smallest absolute Gasteiger partial charge is 0.434 e. The summed E-state index contributed by atoms with van der Waals surface area (Å²) in [4.78, 5) is 22.4. The first-order valence-electron chi connectivity index (χ1n) is 4.83. The number of halogens is 4. The molecule has 0 radical (unpaired) electrons. The van der Waals surface area contributed by atoms with E-state index in [0.29, 0.717) is 4.68 Å². The fourth-order valence-electron chi connectivity index (χ4n) is 1.26. The van der Waals surface area contributed by atoms with Gasteiger partial charge in [0.1, 0.15) is 6.54 Å². The standard InChI is InChI=1S/C9H9BrF3N3O3/c1-16-7(9(11,12)13)5(10)6(15-16)8(18)14-3-4(17)19-2/h3H2,1-2H3,(H,14,18). The molecule has 1 amide bonds. The maximum atomic E-state index is 12.7. The van der Waals surface area contributed by atoms with Crippen LogP contribution in [-0.4, -0.2) is 35.3 Å². The molecular formula is C9H9BrF3N3O3. The Hall–Kier alpha value is -1.58. The molecular weight excluding hydrogens is 335 g/mol. The van der Waals surface area contributed by atoms with E-state index in [9.17, 15) is 22.8 Å². The van der Waals surface area contributed by atoms with E-state index in [4.69, 9.17) is 0 Å². The molecule has 0 aliphatic heterocycles. The summed E-state index contributed by atoms with van der Waals surface area (Å²) in [6, 6.07) is 0. The van der Waals surface area contributed by atoms with Crippen LogP contribution < -0.4 is 5.32 Å². The highest BCUT2D eigenvalue weighted by Gasteiger charge is 2.39. The Morgan fingerprint density at radius 2 is 2.05 bits per heavy atom. The maximum Gasteiger partial charge on any atom is 0.434 e. The molecule has 0 fully saturated rings. The van der Waals surface area contributed by atoms with E-state index in [1.807, 2.05) is 0 Å². The van der Waals surface area contributed by atoms with Crippen LogP contribution in [0, 0.1) is 0 Å². The molecule has 0 saturated heterocycles. The molecule has 0 aliphatic carbocycles. The Balaban J connectivity index is 2.97. The number of ether oxygens (including phenoxy) is 1. The third kappa shape index (κ3) is 3.46. The number of alkyl halides is 3. The first-order valence-corrected chi connectivity index (χ1v) is 5.62. The van der Waals surface area contributed by atoms with Crippen molar-refractivity contribution in [3.8, 4) is 0 Å². The highest BCUT2D eigenvalue weighted by atomic mass is 79.9. The summed E-state index contributed by atoms with van der Waals surface area (Å²) < 4.78 is 42.3. The highest BCUT2D eigenvalue weighted by Crippen LogP contribution is 2.36. The van der Waals surface area contributed by atoms with Gasteiger partial charge in [0.15, 0.2) is 11.4 Å². The van der Waals surface area contributed by atoms with Crippen LogP contribution in [0.2, 0.25) is 0 Å². The summed E-state index contributed by atoms with van der Waals surface area (Å²) in [7, 11) is 2.18. The molecule has 106 valence electrons. The van der Waals surface area contributed by atoms with Gasteiger partial charge in [-0.25, -0.2) is 0 Å². The second-order valence-corrected chi connectivity index (χ2v) is 4.18. The molecule has 10 heteroatoms. The van der Waals surface area contributed by atoms with E-state index < -0.39 is 40.5 Å². The number of amides is 1. The van der Waals surface area contributed by atoms with Crippen molar-refractivity contribution in [3.63, 3.8) is 0 Å². The molecule has 0 spiro atoms. The van der Waals surface area contributed by atoms with Crippen LogP contribution in [0.5, 0.6) is 0 Å². The summed E-state index contributed by atoms with van der Waals surface area (Å²) in [5.41, 5.74) is -1.55. The largest absolute Gasteiger partial charge is 0.468 e. The van der Waals surface area contributed by atoms with Gasteiger partial charge in [0.05, 0.1) is 11.6 Å². The Morgan fingerprint density at radius 1 is 1.47 bits per heavy atom. The predicted molar refractivity (Wildman–Crippen MR) is 60.3 cm³/mol. The molecule has 1 N–H and O–H groups in total. The van der Waals surface area contributed by atoms with Crippen molar-refractivity contribution in [1.82, 2.24) is 15.1 Å². The van der Waals surface area contributed by atoms with Gasteiger partial charge in [-0.1, -0.05) is 0 Å². The van der Waals surface area contributed by atoms with E-state index in [1.54, 1.807) is 0 Å². The zero-order valence-electron chi connectivity index (χ0n) is 9.84. The van der Waals surface area contributed by atoms with Crippen LogP contribution in [0.3, 0.4) is 0 Å². The molecule has 1 aromatic rings. The van der Waals surface area contributed by atoms with E-state index >= 15 is 0 Å². The monoisotopic (exact) mass is 343 g/mol. The molecule has 0 unspecified atom stereocenters. The molecule has 0 aliphatic rings. The third-order valence-electron chi connectivity index (χ3n) is 2.09. The van der Waals surface area contributed by atoms with Gasteiger partial charge < -0.3 is 10.1 Å². The summed E-state index contributed by atoms with van der Waals surface area (Å²) in [6.07, 6.45) is -4.65. The van der Waals surface area contributed by atoms with Crippen LogP contribution in [0.15, 0.2) is 4.47 Å². The lowest BCUT2D eigenvalue weighted by Gasteiger charge is -2.06. The highest BCUT2D eigenvalue weighted by molar-refractivity contribution is 9.10. The number of esters is 1. The number of carbonyl (C=O) groups is 2. The lowest BCUT2D eigenvalue weighted by Crippen LogP contribution is -2.30. The molecule has 19 heavy (non-hydrogen) atoms. The zero-order chi connectivity index (χ0) is 14.8. The van der Waals surface area contributed by atoms with Gasteiger partial charge in [0.2, 0.25) is 0 Å². The van der Waals surface area contributed by atoms with Crippen molar-refractivity contribution in [2.75, 3.05) is 13.7 Å². The van der Waals surface area contributed by atoms with Crippen molar-refractivity contribution in [2.24, 2.45) is 7.05 Å². The van der Waals surface area contributed by atoms with Crippen molar-refractivity contribution >= 4 is 27.8 Å². The van der Waals surface area contributed by atoms with E-state index in [0.717, 1.165) is 14.2 Å². The van der Waals surface area contributed by atoms with Crippen LogP contribution in [0.4, 0.5) is 13.2 Å². The predicted octanol–water partition coefficient (Wildman–Crippen LogP) is 1.10. The minimum Gasteiger partial charge on any atom is -0.468 e. The number of nitrogens with one attached hydrogen (secondary N) is 1. The van der Waals surface area contributed by atoms with Gasteiger partial charge in [-0.15, -0.1) is 0 Å². The summed E-state index contributed by atoms with van der Waals surface area (Å²) >= 11 is 2.68. The molecule has 6 nitrogen and oxygen atoms in total. The van der Waals surface area contributed by atoms with Gasteiger partial charge in [-0.2, -0.15) is 18.3 Å². The topological polar surface area (TPSA) is 73.2 Å². The summed E-state index contributed by atoms with van der Waals surface area (Å²) in [5, 5.41) is 5.56. The average molecular weight is 344 g/mol. The number of carbonyl (C=O) groups excluding carboxylic acids is 2. The van der Waals surface area contributed by atoms with Gasteiger partial charge in [0.25, 0.3) is 5.91 Å². The quantitative estimate of drug-likeness (QED) is 0.834. The number of nitrogens with zero attached hydrogens (tertiary/aromatic N) is 2. The molecule has 0 bridgehead atoms. The number of aromatic nitrogens is 2. The van der Waals surface area contributed by atoms with Crippen molar-refractivity contribution in [3.05, 3.63) is 15.9 Å². The Kier molecular flexibility index (Phi) is 4.56. The number of hydrogen-bond donors (Lipinski definition) is 1. The molecule has 0 saturated carbocycles. The Bertz CT molecular complexity index is 513. The molecule has 1 heterocycles. The second kappa shape index (κ2) is 5.59. The third-order valence-corrected chi connectivity index (χ3v) is 2.85. The average Bonchev–Trinajstić information content (AvgIpc) is 2.60. The SMILES string of the molecule is COC(=O)CNC(=O)c1nn(C)c(C(F)(F)F)c1Br. The minimum absolute atomic E-state index is 0.459. The molecule has 1 aromatic heterocycles. The minimum atomic E-state index is -4.65. The maximum absolute atomic E-state index is 12.7. The van der Waals surface area contributed by atoms with E-state index in [1.165, 1.54) is 0 Å². The van der Waals surface area contributed by atoms with Crippen molar-refractivity contribution < 1.29 is 27.5 Å². The Morgan fingerprint density at radius 3 is 2.47 bits per heavy atom. The van der Waals surface area contributed by atoms with Gasteiger partial charge in [-0.05, 0) is 15.9 Å². The first-order chi connectivity index (χ1) is 8.68. The summed E-state index contributed by atoms with van der Waals surface area (Å²) in [6.45, 7) is -0.459. The lowest BCUT2D eigenvalue weighted by atomic mass is 10.3. The van der Waals surface area contributed by atoms with E-state index in [-0.39, 0.29) is 0 Å². The lowest BCUT2D eigenvalue weighted by molar-refractivity contribution is -0.144. The fraction of sp³-hybridized carbons (Fsp3) is 0.444. The molecule has 0 atom stereocenters. The van der Waals surface area contributed by atoms with E-state index in [2.05, 4.69) is 31.1 Å². The van der Waals surface area contributed by atoms with Gasteiger partial charge in [-0.3, -0.25) is 14.3 Å². The Labute approximate surface area is 114 Å². The van der Waals surface area contributed by atoms with Crippen molar-refractivity contribution in [2.45, 2.75) is 6.18 Å². The molecule has 0 aromatic carbocycles. The van der Waals surface area contributed by atoms with Crippen LogP contribution >= 0.6 is 15.9 Å². The number of methoxy groups -OCH3 is 1. The normalized spacial score (nSPS) is 11.3. The van der Waals surface area contributed by atoms with Gasteiger partial charge in [0, 0.05) is 7.05 Å². The number of hydrogen-bond acceptors (Lipinski definition) is 4. The number of rotatable bonds is 3.